The van der Waals surface area contributed by atoms with Gasteiger partial charge in [0.15, 0.2) is 0 Å². The third-order valence-electron chi connectivity index (χ3n) is 19.4. The summed E-state index contributed by atoms with van der Waals surface area (Å²) in [5.74, 6) is 0.00113. The molecule has 3 N–H and O–H groups in total. The first-order valence-electron chi connectivity index (χ1n) is 40.3. The highest BCUT2D eigenvalue weighted by Gasteiger charge is 2.20. The molecule has 6 heteroatoms. The molecule has 0 saturated carbocycles. The summed E-state index contributed by atoms with van der Waals surface area (Å²) in [6, 6.07) is -0.538. The van der Waals surface area contributed by atoms with E-state index in [0.29, 0.717) is 25.9 Å². The molecule has 0 aliphatic heterocycles. The first-order valence-corrected chi connectivity index (χ1v) is 40.3. The van der Waals surface area contributed by atoms with Crippen LogP contribution in [0, 0.1) is 0 Å². The van der Waals surface area contributed by atoms with Crippen LogP contribution in [0.5, 0.6) is 0 Å². The van der Waals surface area contributed by atoms with Gasteiger partial charge in [-0.05, 0) is 25.7 Å². The second-order valence-electron chi connectivity index (χ2n) is 28.1. The van der Waals surface area contributed by atoms with Gasteiger partial charge >= 0.3 is 5.97 Å². The molecule has 0 rings (SSSR count). The average Bonchev–Trinajstić information content (AvgIpc) is 3.57. The minimum Gasteiger partial charge on any atom is -0.466 e. The van der Waals surface area contributed by atoms with Crippen LogP contribution in [0.2, 0.25) is 0 Å². The maximum Gasteiger partial charge on any atom is 0.305 e. The van der Waals surface area contributed by atoms with Crippen LogP contribution in [-0.4, -0.2) is 47.4 Å². The van der Waals surface area contributed by atoms with E-state index in [1.807, 2.05) is 0 Å². The smallest absolute Gasteiger partial charge is 0.305 e. The Morgan fingerprint density at radius 3 is 0.709 bits per heavy atom. The fourth-order valence-electron chi connectivity index (χ4n) is 13.3. The van der Waals surface area contributed by atoms with Crippen LogP contribution in [0.3, 0.4) is 0 Å². The van der Waals surface area contributed by atoms with Gasteiger partial charge in [-0.25, -0.2) is 0 Å². The Labute approximate surface area is 540 Å². The number of ether oxygens (including phenoxy) is 1. The van der Waals surface area contributed by atoms with Crippen LogP contribution in [0.1, 0.15) is 476 Å². The van der Waals surface area contributed by atoms with Gasteiger partial charge in [-0.3, -0.25) is 9.59 Å². The number of nitrogens with one attached hydrogen (secondary N) is 1. The summed E-state index contributed by atoms with van der Waals surface area (Å²) in [6.45, 7) is 5.02. The van der Waals surface area contributed by atoms with Crippen molar-refractivity contribution >= 4 is 11.9 Å². The zero-order valence-corrected chi connectivity index (χ0v) is 59.1. The molecule has 0 saturated heterocycles. The molecular formula is C80H159NO5. The fraction of sp³-hybridized carbons (Fsp3) is 0.975. The number of unbranched alkanes of at least 4 members (excludes halogenated alkanes) is 66. The zero-order valence-electron chi connectivity index (χ0n) is 59.1. The molecule has 1 amide bonds. The number of carbonyl (C=O) groups excluding carboxylic acids is 2. The third-order valence-corrected chi connectivity index (χ3v) is 19.4. The van der Waals surface area contributed by atoms with Crippen LogP contribution < -0.4 is 5.32 Å². The predicted molar refractivity (Wildman–Crippen MR) is 380 cm³/mol. The van der Waals surface area contributed by atoms with E-state index in [1.165, 1.54) is 405 Å². The van der Waals surface area contributed by atoms with Crippen LogP contribution in [0.25, 0.3) is 0 Å². The van der Waals surface area contributed by atoms with E-state index in [0.717, 1.165) is 38.5 Å². The van der Waals surface area contributed by atoms with E-state index >= 15 is 0 Å². The summed E-state index contributed by atoms with van der Waals surface area (Å²) in [4.78, 5) is 24.6. The highest BCUT2D eigenvalue weighted by atomic mass is 16.5. The van der Waals surface area contributed by atoms with Crippen molar-refractivity contribution in [3.8, 4) is 0 Å². The van der Waals surface area contributed by atoms with E-state index in [4.69, 9.17) is 4.74 Å². The Hall–Kier alpha value is -1.14. The number of carbonyl (C=O) groups is 2. The van der Waals surface area contributed by atoms with Gasteiger partial charge in [0.05, 0.1) is 25.4 Å². The SMILES string of the molecule is CCCCCCCCCCCCCCCCCCCCCCCCCC(O)C(CO)NC(=O)CCCCCCCCCCCCCCCCCCCCCCCCCCCCCCCCCCCOC(=O)CCCCCCCCCCCCCCC. The molecule has 6 nitrogen and oxygen atoms in total. The monoisotopic (exact) mass is 1210 g/mol. The van der Waals surface area contributed by atoms with E-state index < -0.39 is 12.1 Å². The molecule has 2 atom stereocenters. The molecular weight excluding hydrogens is 1050 g/mol. The van der Waals surface area contributed by atoms with Crippen molar-refractivity contribution in [2.45, 2.75) is 488 Å². The van der Waals surface area contributed by atoms with Crippen molar-refractivity contribution in [1.82, 2.24) is 5.32 Å². The summed E-state index contributed by atoms with van der Waals surface area (Å²) in [5, 5.41) is 23.5. The third kappa shape index (κ3) is 71.9. The molecule has 0 spiro atoms. The van der Waals surface area contributed by atoms with Crippen molar-refractivity contribution in [3.63, 3.8) is 0 Å². The number of rotatable bonds is 77. The lowest BCUT2D eigenvalue weighted by Gasteiger charge is -2.22. The van der Waals surface area contributed by atoms with Gasteiger partial charge in [0.2, 0.25) is 5.91 Å². The molecule has 0 aliphatic rings. The van der Waals surface area contributed by atoms with E-state index in [-0.39, 0.29) is 18.5 Å². The molecule has 0 heterocycles. The van der Waals surface area contributed by atoms with Gasteiger partial charge in [0.1, 0.15) is 0 Å². The van der Waals surface area contributed by atoms with Gasteiger partial charge in [0.25, 0.3) is 0 Å². The Morgan fingerprint density at radius 1 is 0.279 bits per heavy atom. The normalized spacial score (nSPS) is 12.4. The maximum absolute atomic E-state index is 12.6. The topological polar surface area (TPSA) is 95.9 Å². The fourth-order valence-corrected chi connectivity index (χ4v) is 13.3. The lowest BCUT2D eigenvalue weighted by atomic mass is 10.0. The van der Waals surface area contributed by atoms with Gasteiger partial charge in [0, 0.05) is 12.8 Å². The van der Waals surface area contributed by atoms with Gasteiger partial charge in [-0.2, -0.15) is 0 Å². The number of amides is 1. The summed E-state index contributed by atoms with van der Waals surface area (Å²) in [5.41, 5.74) is 0. The minimum absolute atomic E-state index is 0.0236. The van der Waals surface area contributed by atoms with E-state index in [1.54, 1.807) is 0 Å². The lowest BCUT2D eigenvalue weighted by Crippen LogP contribution is -2.45. The molecule has 0 aromatic rings. The molecule has 514 valence electrons. The van der Waals surface area contributed by atoms with Crippen molar-refractivity contribution < 1.29 is 24.5 Å². The highest BCUT2D eigenvalue weighted by molar-refractivity contribution is 5.76. The number of esters is 1. The van der Waals surface area contributed by atoms with Crippen LogP contribution in [-0.2, 0) is 14.3 Å². The van der Waals surface area contributed by atoms with Gasteiger partial charge < -0.3 is 20.3 Å². The van der Waals surface area contributed by atoms with Crippen molar-refractivity contribution in [3.05, 3.63) is 0 Å². The Bertz CT molecular complexity index is 1260. The summed E-state index contributed by atoms with van der Waals surface area (Å²) < 4.78 is 5.50. The molecule has 0 aromatic heterocycles. The van der Waals surface area contributed by atoms with E-state index in [2.05, 4.69) is 19.2 Å². The molecule has 86 heavy (non-hydrogen) atoms. The zero-order chi connectivity index (χ0) is 62.0. The second-order valence-corrected chi connectivity index (χ2v) is 28.1. The summed E-state index contributed by atoms with van der Waals surface area (Å²) >= 11 is 0. The Balaban J connectivity index is 3.31. The minimum atomic E-state index is -0.661. The van der Waals surface area contributed by atoms with Gasteiger partial charge in [-0.1, -0.05) is 438 Å². The largest absolute Gasteiger partial charge is 0.466 e. The van der Waals surface area contributed by atoms with E-state index in [9.17, 15) is 19.8 Å². The van der Waals surface area contributed by atoms with Crippen LogP contribution in [0.4, 0.5) is 0 Å². The summed E-state index contributed by atoms with van der Waals surface area (Å²) in [7, 11) is 0. The Kier molecular flexibility index (Phi) is 75.3. The van der Waals surface area contributed by atoms with Crippen LogP contribution >= 0.6 is 0 Å². The van der Waals surface area contributed by atoms with Crippen molar-refractivity contribution in [2.24, 2.45) is 0 Å². The van der Waals surface area contributed by atoms with Crippen LogP contribution in [0.15, 0.2) is 0 Å². The molecule has 0 fully saturated rings. The molecule has 0 aromatic carbocycles. The Morgan fingerprint density at radius 2 is 0.477 bits per heavy atom. The first kappa shape index (κ1) is 84.9. The average molecular weight is 1220 g/mol. The maximum atomic E-state index is 12.6. The number of hydrogen-bond donors (Lipinski definition) is 3. The lowest BCUT2D eigenvalue weighted by molar-refractivity contribution is -0.143. The van der Waals surface area contributed by atoms with Crippen molar-refractivity contribution in [1.29, 1.82) is 0 Å². The first-order chi connectivity index (χ1) is 42.5. The molecule has 0 bridgehead atoms. The quantitative estimate of drug-likeness (QED) is 0.0417. The predicted octanol–water partition coefficient (Wildman–Crippen LogP) is 26.5. The second kappa shape index (κ2) is 76.3. The van der Waals surface area contributed by atoms with Gasteiger partial charge in [-0.15, -0.1) is 0 Å². The number of aliphatic hydroxyl groups excluding tert-OH is 2. The standard InChI is InChI=1S/C80H159NO5/c1-3-5-7-9-11-13-15-17-18-19-20-21-33-36-39-42-45-49-52-56-60-64-68-72-78(83)77(76-82)81-79(84)73-69-65-61-57-53-50-46-43-40-37-34-31-29-27-25-23-22-24-26-28-30-32-35-38-41-44-47-51-55-59-63-67-71-75-86-80(85)74-70-66-62-58-54-48-16-14-12-10-8-6-4-2/h77-78,82-83H,3-76H2,1-2H3,(H,81,84). The van der Waals surface area contributed by atoms with Crippen molar-refractivity contribution in [2.75, 3.05) is 13.2 Å². The number of hydrogen-bond acceptors (Lipinski definition) is 5. The number of aliphatic hydroxyl groups is 2. The molecule has 0 radical (unpaired) electrons. The molecule has 2 unspecified atom stereocenters. The highest BCUT2D eigenvalue weighted by Crippen LogP contribution is 2.21. The molecule has 0 aliphatic carbocycles. The summed E-state index contributed by atoms with van der Waals surface area (Å²) in [6.07, 6.45) is 94.9.